The van der Waals surface area contributed by atoms with Crippen LogP contribution < -0.4 is 5.32 Å². The summed E-state index contributed by atoms with van der Waals surface area (Å²) in [5.41, 5.74) is -0.283. The maximum atomic E-state index is 12.4. The van der Waals surface area contributed by atoms with E-state index in [1.807, 2.05) is 0 Å². The van der Waals surface area contributed by atoms with Crippen molar-refractivity contribution in [3.63, 3.8) is 0 Å². The molecule has 0 heterocycles. The highest BCUT2D eigenvalue weighted by molar-refractivity contribution is 9.10. The lowest BCUT2D eigenvalue weighted by Gasteiger charge is -2.09. The van der Waals surface area contributed by atoms with Crippen LogP contribution in [0.3, 0.4) is 0 Å². The summed E-state index contributed by atoms with van der Waals surface area (Å²) in [5, 5.41) is 2.74. The number of hydrogen-bond donors (Lipinski definition) is 1. The molecule has 0 aromatic heterocycles. The fraction of sp³-hybridized carbons (Fsp3) is 0.0714. The number of carbonyl (C=O) groups excluding carboxylic acids is 1. The van der Waals surface area contributed by atoms with E-state index < -0.39 is 17.6 Å². The van der Waals surface area contributed by atoms with Crippen LogP contribution in [0.5, 0.6) is 0 Å². The minimum Gasteiger partial charge on any atom is -0.322 e. The molecule has 0 bridgehead atoms. The molecule has 2 aromatic carbocycles. The second-order valence-corrected chi connectivity index (χ2v) is 5.48. The largest absolute Gasteiger partial charge is 0.416 e. The van der Waals surface area contributed by atoms with Crippen LogP contribution in [0.25, 0.3) is 0 Å². The summed E-state index contributed by atoms with van der Waals surface area (Å²) in [7, 11) is 0. The number of nitrogens with one attached hydrogen (secondary N) is 1. The molecule has 0 unspecified atom stereocenters. The first-order valence-electron chi connectivity index (χ1n) is 5.71. The Morgan fingerprint density at radius 2 is 1.71 bits per heavy atom. The van der Waals surface area contributed by atoms with Crippen LogP contribution in [0.2, 0.25) is 5.02 Å². The molecule has 2 aromatic rings. The van der Waals surface area contributed by atoms with E-state index in [1.54, 1.807) is 12.1 Å². The molecule has 2 rings (SSSR count). The Hall–Kier alpha value is -1.53. The molecule has 110 valence electrons. The second-order valence-electron chi connectivity index (χ2n) is 4.15. The van der Waals surface area contributed by atoms with Gasteiger partial charge < -0.3 is 5.32 Å². The zero-order valence-electron chi connectivity index (χ0n) is 10.3. The predicted molar refractivity (Wildman–Crippen MR) is 78.5 cm³/mol. The topological polar surface area (TPSA) is 29.1 Å². The number of halogens is 5. The van der Waals surface area contributed by atoms with Crippen LogP contribution >= 0.6 is 27.5 Å². The van der Waals surface area contributed by atoms with E-state index in [-0.39, 0.29) is 16.3 Å². The van der Waals surface area contributed by atoms with Gasteiger partial charge in [0.15, 0.2) is 0 Å². The molecule has 0 fully saturated rings. The van der Waals surface area contributed by atoms with E-state index in [4.69, 9.17) is 11.6 Å². The third kappa shape index (κ3) is 3.98. The van der Waals surface area contributed by atoms with Gasteiger partial charge in [0.1, 0.15) is 0 Å². The number of anilines is 1. The van der Waals surface area contributed by atoms with Crippen molar-refractivity contribution in [2.75, 3.05) is 5.32 Å². The van der Waals surface area contributed by atoms with Crippen molar-refractivity contribution in [3.8, 4) is 0 Å². The van der Waals surface area contributed by atoms with Crippen molar-refractivity contribution in [2.45, 2.75) is 6.18 Å². The minimum absolute atomic E-state index is 0.236. The molecule has 2 nitrogen and oxygen atoms in total. The quantitative estimate of drug-likeness (QED) is 0.747. The highest BCUT2D eigenvalue weighted by atomic mass is 79.9. The van der Waals surface area contributed by atoms with Crippen molar-refractivity contribution in [1.29, 1.82) is 0 Å². The number of hydrogen-bond acceptors (Lipinski definition) is 1. The number of benzene rings is 2. The minimum atomic E-state index is -4.41. The second kappa shape index (κ2) is 6.07. The molecule has 0 aliphatic heterocycles. The Balaban J connectivity index is 2.16. The van der Waals surface area contributed by atoms with Crippen molar-refractivity contribution >= 4 is 39.1 Å². The van der Waals surface area contributed by atoms with Gasteiger partial charge in [-0.15, -0.1) is 0 Å². The molecule has 0 radical (unpaired) electrons. The van der Waals surface area contributed by atoms with Crippen LogP contribution in [0.1, 0.15) is 15.9 Å². The van der Waals surface area contributed by atoms with E-state index in [0.29, 0.717) is 0 Å². The van der Waals surface area contributed by atoms with Gasteiger partial charge in [-0.2, -0.15) is 13.2 Å². The monoisotopic (exact) mass is 377 g/mol. The first kappa shape index (κ1) is 15.9. The zero-order valence-corrected chi connectivity index (χ0v) is 12.7. The molecule has 21 heavy (non-hydrogen) atoms. The van der Waals surface area contributed by atoms with E-state index in [2.05, 4.69) is 21.2 Å². The van der Waals surface area contributed by atoms with Gasteiger partial charge in [0.25, 0.3) is 5.91 Å². The average molecular weight is 379 g/mol. The molecular weight excluding hydrogens is 371 g/mol. The zero-order chi connectivity index (χ0) is 15.6. The lowest BCUT2D eigenvalue weighted by atomic mass is 10.1. The first-order valence-corrected chi connectivity index (χ1v) is 6.88. The number of rotatable bonds is 2. The van der Waals surface area contributed by atoms with Crippen LogP contribution in [-0.2, 0) is 6.18 Å². The van der Waals surface area contributed by atoms with Crippen molar-refractivity contribution in [3.05, 3.63) is 63.1 Å². The summed E-state index contributed by atoms with van der Waals surface area (Å²) >= 11 is 9.15. The Morgan fingerprint density at radius 3 is 2.24 bits per heavy atom. The van der Waals surface area contributed by atoms with Crippen molar-refractivity contribution < 1.29 is 18.0 Å². The lowest BCUT2D eigenvalue weighted by Crippen LogP contribution is -2.13. The van der Waals surface area contributed by atoms with Gasteiger partial charge >= 0.3 is 6.18 Å². The van der Waals surface area contributed by atoms with Gasteiger partial charge in [0.2, 0.25) is 0 Å². The van der Waals surface area contributed by atoms with E-state index in [9.17, 15) is 18.0 Å². The molecular formula is C14H8BrClF3NO. The van der Waals surface area contributed by atoms with Gasteiger partial charge in [-0.05, 0) is 42.5 Å². The SMILES string of the molecule is O=C(Nc1ccc(C(F)(F)F)cc1)c1ccc(Br)cc1Cl. The van der Waals surface area contributed by atoms with E-state index >= 15 is 0 Å². The predicted octanol–water partition coefficient (Wildman–Crippen LogP) is 5.37. The standard InChI is InChI=1S/C14H8BrClF3NO/c15-9-3-6-11(12(16)7-9)13(21)20-10-4-1-8(2-5-10)14(17,18)19/h1-7H,(H,20,21). The summed E-state index contributed by atoms with van der Waals surface area (Å²) in [4.78, 5) is 12.0. The smallest absolute Gasteiger partial charge is 0.322 e. The molecule has 0 aliphatic rings. The number of alkyl halides is 3. The van der Waals surface area contributed by atoms with E-state index in [0.717, 1.165) is 16.6 Å². The normalized spacial score (nSPS) is 11.3. The third-order valence-corrected chi connectivity index (χ3v) is 3.45. The highest BCUT2D eigenvalue weighted by Gasteiger charge is 2.30. The molecule has 0 spiro atoms. The summed E-state index contributed by atoms with van der Waals surface area (Å²) in [6.07, 6.45) is -4.41. The fourth-order valence-corrected chi connectivity index (χ4v) is 2.37. The maximum absolute atomic E-state index is 12.4. The fourth-order valence-electron chi connectivity index (χ4n) is 1.61. The molecule has 0 atom stereocenters. The number of amides is 1. The third-order valence-electron chi connectivity index (χ3n) is 2.65. The average Bonchev–Trinajstić information content (AvgIpc) is 2.38. The van der Waals surface area contributed by atoms with E-state index in [1.165, 1.54) is 18.2 Å². The van der Waals surface area contributed by atoms with Gasteiger partial charge in [0, 0.05) is 10.2 Å². The van der Waals surface area contributed by atoms with Gasteiger partial charge in [-0.3, -0.25) is 4.79 Å². The van der Waals surface area contributed by atoms with Crippen LogP contribution in [-0.4, -0.2) is 5.91 Å². The highest BCUT2D eigenvalue weighted by Crippen LogP contribution is 2.30. The summed E-state index contributed by atoms with van der Waals surface area (Å²) in [5.74, 6) is -0.493. The molecule has 0 saturated heterocycles. The summed E-state index contributed by atoms with van der Waals surface area (Å²) < 4.78 is 38.0. The van der Waals surface area contributed by atoms with Gasteiger partial charge in [0.05, 0.1) is 16.1 Å². The van der Waals surface area contributed by atoms with Gasteiger partial charge in [-0.1, -0.05) is 27.5 Å². The van der Waals surface area contributed by atoms with Crippen LogP contribution in [0.4, 0.5) is 18.9 Å². The Bertz CT molecular complexity index is 671. The van der Waals surface area contributed by atoms with Crippen LogP contribution in [0.15, 0.2) is 46.9 Å². The first-order chi connectivity index (χ1) is 9.77. The number of carbonyl (C=O) groups is 1. The molecule has 0 aliphatic carbocycles. The summed E-state index contributed by atoms with van der Waals surface area (Å²) in [6, 6.07) is 8.90. The van der Waals surface area contributed by atoms with Crippen molar-refractivity contribution in [2.24, 2.45) is 0 Å². The Morgan fingerprint density at radius 1 is 1.10 bits per heavy atom. The molecule has 1 amide bonds. The maximum Gasteiger partial charge on any atom is 0.416 e. The van der Waals surface area contributed by atoms with Gasteiger partial charge in [-0.25, -0.2) is 0 Å². The lowest BCUT2D eigenvalue weighted by molar-refractivity contribution is -0.137. The molecule has 7 heteroatoms. The van der Waals surface area contributed by atoms with Crippen LogP contribution in [0, 0.1) is 0 Å². The summed E-state index contributed by atoms with van der Waals surface area (Å²) in [6.45, 7) is 0. The Kier molecular flexibility index (Phi) is 4.58. The van der Waals surface area contributed by atoms with Crippen molar-refractivity contribution in [1.82, 2.24) is 0 Å². The Labute approximate surface area is 132 Å². The molecule has 1 N–H and O–H groups in total. The molecule has 0 saturated carbocycles.